The monoisotopic (exact) mass is 449 g/mol. The summed E-state index contributed by atoms with van der Waals surface area (Å²) in [5, 5.41) is 31.5. The number of aliphatic hydroxyl groups is 2. The molecule has 166 valence electrons. The number of hydrogen-bond donors (Lipinski definition) is 3. The van der Waals surface area contributed by atoms with Gasteiger partial charge in [-0.2, -0.15) is 0 Å². The van der Waals surface area contributed by atoms with Crippen LogP contribution in [0.3, 0.4) is 0 Å². The summed E-state index contributed by atoms with van der Waals surface area (Å²) >= 11 is 1.24. The van der Waals surface area contributed by atoms with E-state index in [1.807, 2.05) is 19.0 Å². The van der Waals surface area contributed by atoms with Crippen LogP contribution in [0.5, 0.6) is 0 Å². The second kappa shape index (κ2) is 10.5. The summed E-state index contributed by atoms with van der Waals surface area (Å²) in [7, 11) is 3.89. The SMILES string of the molecule is CN(C)CCc1nnc(-c2ccc(F)cn2)n1-c1nc(C(=O)NCC(CO)CO)cs1. The van der Waals surface area contributed by atoms with Crippen molar-refractivity contribution in [1.82, 2.24) is 34.9 Å². The summed E-state index contributed by atoms with van der Waals surface area (Å²) in [6.45, 7) is 0.383. The first-order chi connectivity index (χ1) is 14.9. The standard InChI is InChI=1S/C19H24FN7O3S/c1-26(2)6-5-16-24-25-17(14-4-3-13(20)8-21-14)27(16)19-23-15(11-31-19)18(30)22-7-12(9-28)10-29/h3-4,8,11-12,28-29H,5-7,9-10H2,1-2H3,(H,22,30). The summed E-state index contributed by atoms with van der Waals surface area (Å²) in [6, 6.07) is 2.80. The highest BCUT2D eigenvalue weighted by Crippen LogP contribution is 2.24. The van der Waals surface area contributed by atoms with Gasteiger partial charge in [0.1, 0.15) is 23.0 Å². The Morgan fingerprint density at radius 3 is 2.71 bits per heavy atom. The molecule has 10 nitrogen and oxygen atoms in total. The zero-order valence-corrected chi connectivity index (χ0v) is 18.0. The van der Waals surface area contributed by atoms with E-state index in [2.05, 4.69) is 25.5 Å². The van der Waals surface area contributed by atoms with Crippen LogP contribution in [0.15, 0.2) is 23.7 Å². The molecule has 3 aromatic heterocycles. The summed E-state index contributed by atoms with van der Waals surface area (Å²) in [4.78, 5) is 23.0. The minimum Gasteiger partial charge on any atom is -0.396 e. The normalized spacial score (nSPS) is 11.5. The summed E-state index contributed by atoms with van der Waals surface area (Å²) in [5.41, 5.74) is 0.625. The number of carbonyl (C=O) groups excluding carboxylic acids is 1. The Kier molecular flexibility index (Phi) is 7.74. The molecule has 0 saturated carbocycles. The first-order valence-electron chi connectivity index (χ1n) is 9.59. The lowest BCUT2D eigenvalue weighted by Gasteiger charge is -2.11. The van der Waals surface area contributed by atoms with Gasteiger partial charge in [-0.3, -0.25) is 9.36 Å². The Hall–Kier alpha value is -2.80. The number of nitrogens with one attached hydrogen (secondary N) is 1. The van der Waals surface area contributed by atoms with Gasteiger partial charge in [0.2, 0.25) is 0 Å². The van der Waals surface area contributed by atoms with Crippen molar-refractivity contribution < 1.29 is 19.4 Å². The van der Waals surface area contributed by atoms with Gasteiger partial charge < -0.3 is 20.4 Å². The number of thiazole rings is 1. The van der Waals surface area contributed by atoms with E-state index in [1.165, 1.54) is 23.5 Å². The Bertz CT molecular complexity index is 1000. The first kappa shape index (κ1) is 22.9. The fourth-order valence-electron chi connectivity index (χ4n) is 2.66. The molecule has 0 fully saturated rings. The summed E-state index contributed by atoms with van der Waals surface area (Å²) in [6.07, 6.45) is 1.68. The highest BCUT2D eigenvalue weighted by Gasteiger charge is 2.21. The Morgan fingerprint density at radius 1 is 1.29 bits per heavy atom. The van der Waals surface area contributed by atoms with Gasteiger partial charge in [0.25, 0.3) is 5.91 Å². The molecule has 0 radical (unpaired) electrons. The van der Waals surface area contributed by atoms with E-state index in [9.17, 15) is 9.18 Å². The molecule has 3 rings (SSSR count). The Morgan fingerprint density at radius 2 is 2.06 bits per heavy atom. The minimum atomic E-state index is -0.458. The van der Waals surface area contributed by atoms with Crippen molar-refractivity contribution >= 4 is 17.2 Å². The van der Waals surface area contributed by atoms with Crippen LogP contribution in [0.2, 0.25) is 0 Å². The molecule has 0 aliphatic carbocycles. The van der Waals surface area contributed by atoms with Gasteiger partial charge >= 0.3 is 0 Å². The van der Waals surface area contributed by atoms with Crippen LogP contribution in [0.4, 0.5) is 4.39 Å². The smallest absolute Gasteiger partial charge is 0.270 e. The number of likely N-dealkylation sites (N-methyl/N-ethyl adjacent to an activating group) is 1. The lowest BCUT2D eigenvalue weighted by atomic mass is 10.2. The molecule has 0 spiro atoms. The summed E-state index contributed by atoms with van der Waals surface area (Å²) in [5.74, 6) is -0.278. The van der Waals surface area contributed by atoms with Crippen LogP contribution in [-0.2, 0) is 6.42 Å². The maximum atomic E-state index is 13.3. The van der Waals surface area contributed by atoms with Gasteiger partial charge in [-0.1, -0.05) is 0 Å². The largest absolute Gasteiger partial charge is 0.396 e. The van der Waals surface area contributed by atoms with E-state index in [-0.39, 0.29) is 25.5 Å². The number of nitrogens with zero attached hydrogens (tertiary/aromatic N) is 6. The number of halogens is 1. The second-order valence-electron chi connectivity index (χ2n) is 7.15. The van der Waals surface area contributed by atoms with E-state index < -0.39 is 17.6 Å². The highest BCUT2D eigenvalue weighted by atomic mass is 32.1. The zero-order valence-electron chi connectivity index (χ0n) is 17.2. The topological polar surface area (TPSA) is 129 Å². The molecule has 3 N–H and O–H groups in total. The zero-order chi connectivity index (χ0) is 22.4. The number of hydrogen-bond acceptors (Lipinski definition) is 9. The minimum absolute atomic E-state index is 0.129. The predicted octanol–water partition coefficient (Wildman–Crippen LogP) is 0.360. The molecule has 0 atom stereocenters. The van der Waals surface area contributed by atoms with Gasteiger partial charge in [-0.25, -0.2) is 14.4 Å². The number of rotatable bonds is 10. The van der Waals surface area contributed by atoms with Crippen LogP contribution in [0, 0.1) is 11.7 Å². The third-order valence-electron chi connectivity index (χ3n) is 4.45. The van der Waals surface area contributed by atoms with Gasteiger partial charge in [0.05, 0.1) is 6.20 Å². The fraction of sp³-hybridized carbons (Fsp3) is 0.421. The highest BCUT2D eigenvalue weighted by molar-refractivity contribution is 7.12. The fourth-order valence-corrected chi connectivity index (χ4v) is 3.49. The van der Waals surface area contributed by atoms with Gasteiger partial charge in [0, 0.05) is 44.0 Å². The van der Waals surface area contributed by atoms with Gasteiger partial charge in [-0.05, 0) is 26.2 Å². The number of aliphatic hydroxyl groups excluding tert-OH is 2. The Balaban J connectivity index is 1.90. The maximum absolute atomic E-state index is 13.3. The lowest BCUT2D eigenvalue weighted by molar-refractivity contribution is 0.0917. The van der Waals surface area contributed by atoms with Crippen molar-refractivity contribution in [2.75, 3.05) is 40.4 Å². The van der Waals surface area contributed by atoms with E-state index in [4.69, 9.17) is 10.2 Å². The van der Waals surface area contributed by atoms with Crippen molar-refractivity contribution in [3.05, 3.63) is 41.0 Å². The lowest BCUT2D eigenvalue weighted by Crippen LogP contribution is -2.32. The number of aromatic nitrogens is 5. The molecule has 0 aromatic carbocycles. The van der Waals surface area contributed by atoms with Crippen molar-refractivity contribution in [2.45, 2.75) is 6.42 Å². The molecule has 3 aromatic rings. The number of carbonyl (C=O) groups is 1. The average molecular weight is 450 g/mol. The molecule has 0 aliphatic heterocycles. The Labute approximate surface area is 182 Å². The first-order valence-corrected chi connectivity index (χ1v) is 10.5. The molecule has 0 unspecified atom stereocenters. The molecule has 1 amide bonds. The quantitative estimate of drug-likeness (QED) is 0.405. The molecule has 0 saturated heterocycles. The van der Waals surface area contributed by atoms with Crippen molar-refractivity contribution in [3.8, 4) is 16.6 Å². The third-order valence-corrected chi connectivity index (χ3v) is 5.28. The van der Waals surface area contributed by atoms with Crippen molar-refractivity contribution in [1.29, 1.82) is 0 Å². The molecule has 31 heavy (non-hydrogen) atoms. The number of amides is 1. The van der Waals surface area contributed by atoms with E-state index in [0.717, 1.165) is 12.7 Å². The van der Waals surface area contributed by atoms with Gasteiger partial charge in [0.15, 0.2) is 11.0 Å². The van der Waals surface area contributed by atoms with Crippen molar-refractivity contribution in [3.63, 3.8) is 0 Å². The molecular weight excluding hydrogens is 425 g/mol. The third kappa shape index (κ3) is 5.67. The van der Waals surface area contributed by atoms with Crippen LogP contribution in [0.25, 0.3) is 16.6 Å². The van der Waals surface area contributed by atoms with Crippen LogP contribution < -0.4 is 5.32 Å². The van der Waals surface area contributed by atoms with E-state index in [0.29, 0.717) is 28.9 Å². The van der Waals surface area contributed by atoms with E-state index >= 15 is 0 Å². The molecule has 0 aliphatic rings. The van der Waals surface area contributed by atoms with Gasteiger partial charge in [-0.15, -0.1) is 21.5 Å². The van der Waals surface area contributed by atoms with Crippen LogP contribution >= 0.6 is 11.3 Å². The maximum Gasteiger partial charge on any atom is 0.270 e. The predicted molar refractivity (Wildman–Crippen MR) is 112 cm³/mol. The summed E-state index contributed by atoms with van der Waals surface area (Å²) < 4.78 is 15.0. The molecule has 12 heteroatoms. The molecule has 3 heterocycles. The van der Waals surface area contributed by atoms with E-state index in [1.54, 1.807) is 9.95 Å². The van der Waals surface area contributed by atoms with Crippen molar-refractivity contribution in [2.24, 2.45) is 5.92 Å². The van der Waals surface area contributed by atoms with Crippen LogP contribution in [0.1, 0.15) is 16.3 Å². The van der Waals surface area contributed by atoms with Crippen LogP contribution in [-0.4, -0.2) is 86.2 Å². The number of pyridine rings is 1. The average Bonchev–Trinajstić information content (AvgIpc) is 3.40. The molecular formula is C19H24FN7O3S. The molecule has 0 bridgehead atoms. The second-order valence-corrected chi connectivity index (χ2v) is 7.98.